The third kappa shape index (κ3) is 3.53. The van der Waals surface area contributed by atoms with Gasteiger partial charge in [0.15, 0.2) is 0 Å². The van der Waals surface area contributed by atoms with Gasteiger partial charge in [-0.05, 0) is 52.2 Å². The maximum absolute atomic E-state index is 2.51. The summed E-state index contributed by atoms with van der Waals surface area (Å²) in [6, 6.07) is 62.0. The molecule has 0 saturated heterocycles. The van der Waals surface area contributed by atoms with Crippen molar-refractivity contribution in [3.63, 3.8) is 0 Å². The van der Waals surface area contributed by atoms with Crippen LogP contribution in [0, 0.1) is 0 Å². The van der Waals surface area contributed by atoms with Crippen LogP contribution in [0.3, 0.4) is 0 Å². The number of fused-ring (bicyclic) bond motifs is 9. The molecular weight excluding hydrogens is 556 g/mol. The molecule has 0 aliphatic heterocycles. The van der Waals surface area contributed by atoms with E-state index in [2.05, 4.69) is 179 Å². The van der Waals surface area contributed by atoms with E-state index in [1.54, 1.807) is 0 Å². The lowest BCUT2D eigenvalue weighted by atomic mass is 10.0. The molecule has 0 N–H and O–H groups in total. The summed E-state index contributed by atoms with van der Waals surface area (Å²) in [5, 5.41) is 9.97. The van der Waals surface area contributed by atoms with E-state index in [-0.39, 0.29) is 0 Å². The van der Waals surface area contributed by atoms with Crippen LogP contribution < -0.4 is 0 Å². The SMILES string of the molecule is c1ccc(-c2ccc3c(-n4c5ccccc5c5ccc6c7ccccc7n(-c7cccc8ccccc78)c6c54)cccc3c2)cc1. The van der Waals surface area contributed by atoms with Crippen LogP contribution in [0.4, 0.5) is 0 Å². The lowest BCUT2D eigenvalue weighted by molar-refractivity contribution is 1.17. The Morgan fingerprint density at radius 2 is 0.761 bits per heavy atom. The molecule has 2 aromatic heterocycles. The minimum atomic E-state index is 1.19. The highest BCUT2D eigenvalue weighted by atomic mass is 15.0. The third-order valence-electron chi connectivity index (χ3n) is 9.68. The van der Waals surface area contributed by atoms with Crippen molar-refractivity contribution in [3.8, 4) is 22.5 Å². The van der Waals surface area contributed by atoms with E-state index in [0.717, 1.165) is 0 Å². The highest BCUT2D eigenvalue weighted by Crippen LogP contribution is 2.43. The van der Waals surface area contributed by atoms with Gasteiger partial charge in [-0.3, -0.25) is 0 Å². The number of nitrogens with zero attached hydrogens (tertiary/aromatic N) is 2. The smallest absolute Gasteiger partial charge is 0.0789 e. The molecule has 0 aliphatic rings. The number of aromatic nitrogens is 2. The van der Waals surface area contributed by atoms with Crippen molar-refractivity contribution in [2.24, 2.45) is 0 Å². The fourth-order valence-corrected chi connectivity index (χ4v) is 7.68. The van der Waals surface area contributed by atoms with Gasteiger partial charge in [0, 0.05) is 32.3 Å². The normalized spacial score (nSPS) is 11.9. The summed E-state index contributed by atoms with van der Waals surface area (Å²) >= 11 is 0. The second kappa shape index (κ2) is 9.69. The van der Waals surface area contributed by atoms with Crippen LogP contribution in [0.1, 0.15) is 0 Å². The Morgan fingerprint density at radius 3 is 1.41 bits per heavy atom. The van der Waals surface area contributed by atoms with Crippen molar-refractivity contribution in [1.29, 1.82) is 0 Å². The summed E-state index contributed by atoms with van der Waals surface area (Å²) in [6.45, 7) is 0. The molecule has 8 aromatic carbocycles. The van der Waals surface area contributed by atoms with E-state index >= 15 is 0 Å². The predicted molar refractivity (Wildman–Crippen MR) is 196 cm³/mol. The van der Waals surface area contributed by atoms with Gasteiger partial charge in [-0.25, -0.2) is 0 Å². The molecule has 0 unspecified atom stereocenters. The monoisotopic (exact) mass is 584 g/mol. The van der Waals surface area contributed by atoms with Crippen molar-refractivity contribution < 1.29 is 0 Å². The van der Waals surface area contributed by atoms with E-state index in [0.29, 0.717) is 0 Å². The molecule has 46 heavy (non-hydrogen) atoms. The van der Waals surface area contributed by atoms with E-state index in [9.17, 15) is 0 Å². The van der Waals surface area contributed by atoms with Crippen LogP contribution in [0.5, 0.6) is 0 Å². The Labute approximate surface area is 266 Å². The van der Waals surface area contributed by atoms with Crippen LogP contribution in [-0.4, -0.2) is 9.13 Å². The molecule has 0 atom stereocenters. The lowest BCUT2D eigenvalue weighted by Crippen LogP contribution is -2.00. The zero-order valence-electron chi connectivity index (χ0n) is 25.1. The van der Waals surface area contributed by atoms with Gasteiger partial charge in [0.05, 0.1) is 33.4 Å². The van der Waals surface area contributed by atoms with Crippen molar-refractivity contribution in [3.05, 3.63) is 170 Å². The predicted octanol–water partition coefficient (Wildman–Crippen LogP) is 11.9. The van der Waals surface area contributed by atoms with Crippen molar-refractivity contribution in [1.82, 2.24) is 9.13 Å². The summed E-state index contributed by atoms with van der Waals surface area (Å²) < 4.78 is 5.02. The Morgan fingerprint density at radius 1 is 0.283 bits per heavy atom. The highest BCUT2D eigenvalue weighted by molar-refractivity contribution is 6.24. The number of hydrogen-bond donors (Lipinski definition) is 0. The van der Waals surface area contributed by atoms with E-state index in [1.807, 2.05) is 0 Å². The zero-order valence-corrected chi connectivity index (χ0v) is 25.1. The summed E-state index contributed by atoms with van der Waals surface area (Å²) in [7, 11) is 0. The molecule has 0 radical (unpaired) electrons. The summed E-state index contributed by atoms with van der Waals surface area (Å²) in [4.78, 5) is 0. The number of rotatable bonds is 3. The average molecular weight is 585 g/mol. The Bertz CT molecular complexity index is 2790. The minimum absolute atomic E-state index is 1.19. The first-order chi connectivity index (χ1) is 22.8. The Kier molecular flexibility index (Phi) is 5.31. The zero-order chi connectivity index (χ0) is 30.2. The topological polar surface area (TPSA) is 9.86 Å². The first kappa shape index (κ1) is 25.2. The average Bonchev–Trinajstić information content (AvgIpc) is 3.64. The number of hydrogen-bond acceptors (Lipinski definition) is 0. The van der Waals surface area contributed by atoms with E-state index in [4.69, 9.17) is 0 Å². The number of para-hydroxylation sites is 2. The maximum Gasteiger partial charge on any atom is 0.0789 e. The molecule has 10 rings (SSSR count). The van der Waals surface area contributed by atoms with Gasteiger partial charge < -0.3 is 9.13 Å². The highest BCUT2D eigenvalue weighted by Gasteiger charge is 2.22. The van der Waals surface area contributed by atoms with Crippen LogP contribution >= 0.6 is 0 Å². The van der Waals surface area contributed by atoms with Crippen molar-refractivity contribution in [2.75, 3.05) is 0 Å². The van der Waals surface area contributed by atoms with Crippen LogP contribution in [0.25, 0.3) is 87.7 Å². The fourth-order valence-electron chi connectivity index (χ4n) is 7.68. The molecular formula is C44H28N2. The van der Waals surface area contributed by atoms with Gasteiger partial charge in [-0.15, -0.1) is 0 Å². The molecule has 2 heterocycles. The summed E-state index contributed by atoms with van der Waals surface area (Å²) in [5.41, 5.74) is 9.71. The standard InChI is InChI=1S/C44H28N2/c1-2-12-29(13-3-1)31-24-25-34-32(28-31)16-11-23-40(34)46-42-21-9-7-19-36(42)38-27-26-37-35-18-6-8-20-41(35)45(43(37)44(38)46)39-22-10-15-30-14-4-5-17-33(30)39/h1-28H. The summed E-state index contributed by atoms with van der Waals surface area (Å²) in [6.07, 6.45) is 0. The molecule has 0 saturated carbocycles. The molecule has 0 fully saturated rings. The molecule has 2 heteroatoms. The molecule has 10 aromatic rings. The molecule has 0 bridgehead atoms. The van der Waals surface area contributed by atoms with Crippen LogP contribution in [0.2, 0.25) is 0 Å². The van der Waals surface area contributed by atoms with Crippen molar-refractivity contribution in [2.45, 2.75) is 0 Å². The molecule has 214 valence electrons. The van der Waals surface area contributed by atoms with Gasteiger partial charge in [0.1, 0.15) is 0 Å². The van der Waals surface area contributed by atoms with Crippen LogP contribution in [-0.2, 0) is 0 Å². The van der Waals surface area contributed by atoms with Gasteiger partial charge >= 0.3 is 0 Å². The third-order valence-corrected chi connectivity index (χ3v) is 9.68. The molecule has 2 nitrogen and oxygen atoms in total. The number of benzene rings is 8. The van der Waals surface area contributed by atoms with Gasteiger partial charge in [-0.1, -0.05) is 140 Å². The first-order valence-electron chi connectivity index (χ1n) is 15.9. The fraction of sp³-hybridized carbons (Fsp3) is 0. The summed E-state index contributed by atoms with van der Waals surface area (Å²) in [5.74, 6) is 0. The molecule has 0 aliphatic carbocycles. The van der Waals surface area contributed by atoms with Crippen molar-refractivity contribution >= 4 is 65.2 Å². The molecule has 0 amide bonds. The first-order valence-corrected chi connectivity index (χ1v) is 15.9. The second-order valence-corrected chi connectivity index (χ2v) is 12.1. The second-order valence-electron chi connectivity index (χ2n) is 12.1. The lowest BCUT2D eigenvalue weighted by Gasteiger charge is -2.16. The van der Waals surface area contributed by atoms with Gasteiger partial charge in [0.25, 0.3) is 0 Å². The molecule has 0 spiro atoms. The van der Waals surface area contributed by atoms with Gasteiger partial charge in [-0.2, -0.15) is 0 Å². The Balaban J connectivity index is 1.39. The minimum Gasteiger partial charge on any atom is -0.307 e. The van der Waals surface area contributed by atoms with E-state index in [1.165, 1.54) is 87.7 Å². The van der Waals surface area contributed by atoms with Gasteiger partial charge in [0.2, 0.25) is 0 Å². The Hall–Kier alpha value is -6.12. The van der Waals surface area contributed by atoms with Crippen LogP contribution in [0.15, 0.2) is 170 Å². The largest absolute Gasteiger partial charge is 0.307 e. The quantitative estimate of drug-likeness (QED) is 0.195. The van der Waals surface area contributed by atoms with E-state index < -0.39 is 0 Å². The maximum atomic E-state index is 2.51.